The van der Waals surface area contributed by atoms with Gasteiger partial charge >= 0.3 is 5.97 Å². The topological polar surface area (TPSA) is 86.3 Å². The molecule has 2 aromatic heterocycles. The Morgan fingerprint density at radius 1 is 1.30 bits per heavy atom. The van der Waals surface area contributed by atoms with Crippen LogP contribution < -0.4 is 0 Å². The van der Waals surface area contributed by atoms with Gasteiger partial charge in [0, 0.05) is 16.8 Å². The van der Waals surface area contributed by atoms with Crippen LogP contribution in [-0.2, 0) is 13.0 Å². The SMILES string of the molecule is O=C(O)c1n[nH]c2c1CCN(C(=O)c1cc3ccccc3s1)C2. The van der Waals surface area contributed by atoms with Crippen molar-refractivity contribution in [2.45, 2.75) is 13.0 Å². The first kappa shape index (κ1) is 14.0. The molecule has 1 aromatic carbocycles. The summed E-state index contributed by atoms with van der Waals surface area (Å²) < 4.78 is 1.09. The van der Waals surface area contributed by atoms with Gasteiger partial charge in [-0.1, -0.05) is 18.2 Å². The highest BCUT2D eigenvalue weighted by molar-refractivity contribution is 7.20. The van der Waals surface area contributed by atoms with Crippen molar-refractivity contribution in [1.29, 1.82) is 0 Å². The summed E-state index contributed by atoms with van der Waals surface area (Å²) in [7, 11) is 0. The van der Waals surface area contributed by atoms with Crippen molar-refractivity contribution < 1.29 is 14.7 Å². The molecule has 116 valence electrons. The molecule has 23 heavy (non-hydrogen) atoms. The number of carboxylic acid groups (broad SMARTS) is 1. The van der Waals surface area contributed by atoms with E-state index >= 15 is 0 Å². The molecule has 3 aromatic rings. The minimum absolute atomic E-state index is 0.0247. The Kier molecular flexibility index (Phi) is 3.16. The van der Waals surface area contributed by atoms with Crippen LogP contribution in [0.3, 0.4) is 0 Å². The van der Waals surface area contributed by atoms with Crippen molar-refractivity contribution in [3.05, 3.63) is 52.2 Å². The van der Waals surface area contributed by atoms with E-state index in [0.717, 1.165) is 10.1 Å². The molecule has 0 unspecified atom stereocenters. The Morgan fingerprint density at radius 3 is 2.91 bits per heavy atom. The number of hydrogen-bond donors (Lipinski definition) is 2. The van der Waals surface area contributed by atoms with Crippen LogP contribution in [0.2, 0.25) is 0 Å². The van der Waals surface area contributed by atoms with E-state index < -0.39 is 5.97 Å². The number of aromatic nitrogens is 2. The third kappa shape index (κ3) is 2.29. The van der Waals surface area contributed by atoms with Gasteiger partial charge in [-0.05, 0) is 23.9 Å². The predicted octanol–water partition coefficient (Wildman–Crippen LogP) is 2.52. The van der Waals surface area contributed by atoms with Crippen LogP contribution in [0.25, 0.3) is 10.1 Å². The van der Waals surface area contributed by atoms with Crippen LogP contribution in [0.15, 0.2) is 30.3 Å². The first-order valence-electron chi connectivity index (χ1n) is 7.21. The Morgan fingerprint density at radius 2 is 2.13 bits per heavy atom. The number of hydrogen-bond acceptors (Lipinski definition) is 4. The number of fused-ring (bicyclic) bond motifs is 2. The maximum absolute atomic E-state index is 12.7. The summed E-state index contributed by atoms with van der Waals surface area (Å²) in [5.74, 6) is -1.06. The third-order valence-electron chi connectivity index (χ3n) is 4.06. The molecule has 0 aliphatic carbocycles. The number of nitrogens with one attached hydrogen (secondary N) is 1. The monoisotopic (exact) mass is 327 g/mol. The van der Waals surface area contributed by atoms with Crippen molar-refractivity contribution in [3.8, 4) is 0 Å². The fourth-order valence-electron chi connectivity index (χ4n) is 2.91. The first-order chi connectivity index (χ1) is 11.1. The lowest BCUT2D eigenvalue weighted by molar-refractivity contribution is 0.0689. The van der Waals surface area contributed by atoms with E-state index in [2.05, 4.69) is 10.2 Å². The molecule has 1 amide bonds. The third-order valence-corrected chi connectivity index (χ3v) is 5.16. The number of thiophene rings is 1. The summed E-state index contributed by atoms with van der Waals surface area (Å²) in [6.07, 6.45) is 0.504. The zero-order valence-corrected chi connectivity index (χ0v) is 12.9. The number of carboxylic acids is 1. The molecule has 6 nitrogen and oxygen atoms in total. The Bertz CT molecular complexity index is 895. The highest BCUT2D eigenvalue weighted by Gasteiger charge is 2.28. The normalized spacial score (nSPS) is 14.0. The van der Waals surface area contributed by atoms with Gasteiger partial charge in [0.1, 0.15) is 0 Å². The fraction of sp³-hybridized carbons (Fsp3) is 0.188. The summed E-state index contributed by atoms with van der Waals surface area (Å²) in [6.45, 7) is 0.864. The number of rotatable bonds is 2. The molecular weight excluding hydrogens is 314 g/mol. The molecule has 0 saturated carbocycles. The van der Waals surface area contributed by atoms with E-state index in [1.807, 2.05) is 30.3 Å². The Balaban J connectivity index is 1.61. The van der Waals surface area contributed by atoms with Crippen LogP contribution >= 0.6 is 11.3 Å². The highest BCUT2D eigenvalue weighted by atomic mass is 32.1. The molecule has 0 atom stereocenters. The summed E-state index contributed by atoms with van der Waals surface area (Å²) >= 11 is 1.48. The minimum Gasteiger partial charge on any atom is -0.476 e. The minimum atomic E-state index is -1.04. The first-order valence-corrected chi connectivity index (χ1v) is 8.02. The smallest absolute Gasteiger partial charge is 0.356 e. The second-order valence-corrected chi connectivity index (χ2v) is 6.54. The molecule has 1 aliphatic heterocycles. The number of aromatic amines is 1. The highest BCUT2D eigenvalue weighted by Crippen LogP contribution is 2.28. The standard InChI is InChI=1S/C16H13N3O3S/c20-15(13-7-9-3-1-2-4-12(9)23-13)19-6-5-10-11(8-19)17-18-14(10)16(21)22/h1-4,7H,5-6,8H2,(H,17,18)(H,21,22). The molecule has 0 spiro atoms. The zero-order valence-electron chi connectivity index (χ0n) is 12.1. The lowest BCUT2D eigenvalue weighted by Gasteiger charge is -2.26. The predicted molar refractivity (Wildman–Crippen MR) is 85.8 cm³/mol. The van der Waals surface area contributed by atoms with Crippen molar-refractivity contribution in [2.24, 2.45) is 0 Å². The zero-order chi connectivity index (χ0) is 16.0. The molecule has 4 rings (SSSR count). The van der Waals surface area contributed by atoms with E-state index in [9.17, 15) is 9.59 Å². The van der Waals surface area contributed by atoms with Gasteiger partial charge in [0.25, 0.3) is 5.91 Å². The van der Waals surface area contributed by atoms with E-state index in [0.29, 0.717) is 35.6 Å². The van der Waals surface area contributed by atoms with Crippen LogP contribution in [0.5, 0.6) is 0 Å². The van der Waals surface area contributed by atoms with Gasteiger partial charge < -0.3 is 10.0 Å². The largest absolute Gasteiger partial charge is 0.476 e. The number of nitrogens with zero attached hydrogens (tertiary/aromatic N) is 2. The lowest BCUT2D eigenvalue weighted by atomic mass is 10.0. The quantitative estimate of drug-likeness (QED) is 0.757. The molecule has 0 saturated heterocycles. The molecule has 1 aliphatic rings. The van der Waals surface area contributed by atoms with Crippen LogP contribution in [0.1, 0.15) is 31.4 Å². The second kappa shape index (κ2) is 5.20. The Labute approximate surface area is 135 Å². The summed E-state index contributed by atoms with van der Waals surface area (Å²) in [4.78, 5) is 26.2. The average Bonchev–Trinajstić information content (AvgIpc) is 3.17. The molecule has 0 fully saturated rings. The number of amides is 1. The van der Waals surface area contributed by atoms with Gasteiger partial charge in [-0.25, -0.2) is 4.79 Å². The van der Waals surface area contributed by atoms with E-state index in [4.69, 9.17) is 5.11 Å². The van der Waals surface area contributed by atoms with Gasteiger partial charge in [-0.15, -0.1) is 11.3 Å². The van der Waals surface area contributed by atoms with E-state index in [-0.39, 0.29) is 11.6 Å². The van der Waals surface area contributed by atoms with Crippen LogP contribution in [0.4, 0.5) is 0 Å². The molecule has 3 heterocycles. The van der Waals surface area contributed by atoms with Crippen molar-refractivity contribution in [1.82, 2.24) is 15.1 Å². The number of carbonyl (C=O) groups excluding carboxylic acids is 1. The second-order valence-electron chi connectivity index (χ2n) is 5.46. The Hall–Kier alpha value is -2.67. The molecule has 2 N–H and O–H groups in total. The average molecular weight is 327 g/mol. The van der Waals surface area contributed by atoms with Crippen molar-refractivity contribution in [2.75, 3.05) is 6.54 Å². The van der Waals surface area contributed by atoms with Crippen LogP contribution in [0, 0.1) is 0 Å². The van der Waals surface area contributed by atoms with Gasteiger partial charge in [0.05, 0.1) is 17.1 Å². The maximum atomic E-state index is 12.7. The summed E-state index contributed by atoms with van der Waals surface area (Å²) in [5, 5.41) is 16.8. The number of H-pyrrole nitrogens is 1. The van der Waals surface area contributed by atoms with E-state index in [1.165, 1.54) is 11.3 Å². The summed E-state index contributed by atoms with van der Waals surface area (Å²) in [6, 6.07) is 9.81. The number of benzene rings is 1. The number of carbonyl (C=O) groups is 2. The maximum Gasteiger partial charge on any atom is 0.356 e. The lowest BCUT2D eigenvalue weighted by Crippen LogP contribution is -2.35. The molecular formula is C16H13N3O3S. The van der Waals surface area contributed by atoms with E-state index in [1.54, 1.807) is 4.90 Å². The van der Waals surface area contributed by atoms with Gasteiger partial charge in [-0.3, -0.25) is 9.89 Å². The molecule has 0 radical (unpaired) electrons. The summed E-state index contributed by atoms with van der Waals surface area (Å²) in [5.41, 5.74) is 1.48. The molecule has 7 heteroatoms. The van der Waals surface area contributed by atoms with Crippen molar-refractivity contribution >= 4 is 33.3 Å². The fourth-order valence-corrected chi connectivity index (χ4v) is 3.94. The van der Waals surface area contributed by atoms with Gasteiger partial charge in [0.2, 0.25) is 0 Å². The molecule has 0 bridgehead atoms. The van der Waals surface area contributed by atoms with Crippen LogP contribution in [-0.4, -0.2) is 38.6 Å². The van der Waals surface area contributed by atoms with Crippen molar-refractivity contribution in [3.63, 3.8) is 0 Å². The van der Waals surface area contributed by atoms with Gasteiger partial charge in [0.15, 0.2) is 5.69 Å². The number of aromatic carboxylic acids is 1. The van der Waals surface area contributed by atoms with Gasteiger partial charge in [-0.2, -0.15) is 5.10 Å².